The number of piperidine rings is 2. The van der Waals surface area contributed by atoms with Crippen molar-refractivity contribution < 1.29 is 85.0 Å². The van der Waals surface area contributed by atoms with Gasteiger partial charge in [-0.1, -0.05) is 35.3 Å². The molecule has 2 aromatic carbocycles. The summed E-state index contributed by atoms with van der Waals surface area (Å²) in [6.07, 6.45) is -8.36. The van der Waals surface area contributed by atoms with Crippen molar-refractivity contribution in [2.24, 2.45) is 10.8 Å². The second-order valence-corrected chi connectivity index (χ2v) is 21.5. The number of nitrogens with zero attached hydrogens (tertiary/aromatic N) is 6. The van der Waals surface area contributed by atoms with Crippen LogP contribution in [0.1, 0.15) is 76.3 Å². The molecule has 0 aromatic heterocycles. The molecule has 0 radical (unpaired) electrons. The number of amides is 6. The van der Waals surface area contributed by atoms with Crippen molar-refractivity contribution in [3.05, 3.63) is 57.6 Å². The minimum absolute atomic E-state index is 0.0354. The van der Waals surface area contributed by atoms with E-state index in [4.69, 9.17) is 23.2 Å². The summed E-state index contributed by atoms with van der Waals surface area (Å²) in [4.78, 5) is 85.5. The van der Waals surface area contributed by atoms with Crippen LogP contribution in [0.3, 0.4) is 0 Å². The number of aliphatic hydroxyl groups is 4. The summed E-state index contributed by atoms with van der Waals surface area (Å²) in [6.45, 7) is 5.28. The molecule has 2 aromatic rings. The zero-order chi connectivity index (χ0) is 55.7. The molecule has 420 valence electrons. The van der Waals surface area contributed by atoms with Crippen LogP contribution in [0.15, 0.2) is 36.4 Å². The van der Waals surface area contributed by atoms with Crippen molar-refractivity contribution in [2.45, 2.75) is 127 Å². The van der Waals surface area contributed by atoms with E-state index < -0.39 is 72.5 Å². The maximum atomic E-state index is 12.9. The van der Waals surface area contributed by atoms with Crippen LogP contribution < -0.4 is 9.47 Å². The first-order valence-electron chi connectivity index (χ1n) is 25.1. The van der Waals surface area contributed by atoms with Crippen LogP contribution in [0.25, 0.3) is 0 Å². The van der Waals surface area contributed by atoms with E-state index in [9.17, 15) is 75.5 Å². The zero-order valence-electron chi connectivity index (χ0n) is 41.8. The first kappa shape index (κ1) is 58.5. The Morgan fingerprint density at radius 2 is 0.947 bits per heavy atom. The van der Waals surface area contributed by atoms with Crippen molar-refractivity contribution in [1.82, 2.24) is 29.4 Å². The zero-order valence-corrected chi connectivity index (χ0v) is 43.3. The molecular weight excluding hydrogens is 1060 g/mol. The molecule has 18 nitrogen and oxygen atoms in total. The summed E-state index contributed by atoms with van der Waals surface area (Å²) in [6, 6.07) is 5.43. The van der Waals surface area contributed by atoms with Gasteiger partial charge >= 0.3 is 12.7 Å². The Kier molecular flexibility index (Phi) is 18.1. The monoisotopic (exact) mass is 1120 g/mol. The number of piperazine rings is 2. The van der Waals surface area contributed by atoms with Crippen molar-refractivity contribution >= 4 is 58.6 Å². The van der Waals surface area contributed by atoms with Crippen LogP contribution in [0, 0.1) is 10.8 Å². The van der Waals surface area contributed by atoms with E-state index in [0.29, 0.717) is 24.2 Å². The summed E-state index contributed by atoms with van der Waals surface area (Å²) in [7, 11) is 0. The van der Waals surface area contributed by atoms with Gasteiger partial charge in [-0.25, -0.2) is 0 Å². The highest BCUT2D eigenvalue weighted by molar-refractivity contribution is 6.32. The fourth-order valence-electron chi connectivity index (χ4n) is 10.5. The third kappa shape index (κ3) is 14.7. The second kappa shape index (κ2) is 23.4. The topological polar surface area (TPSA) is 221 Å². The van der Waals surface area contributed by atoms with Crippen LogP contribution in [-0.2, 0) is 41.6 Å². The van der Waals surface area contributed by atoms with Gasteiger partial charge in [0.15, 0.2) is 0 Å². The number of hydrogen-bond acceptors (Lipinski definition) is 12. The predicted octanol–water partition coefficient (Wildman–Crippen LogP) is 3.93. The maximum absolute atomic E-state index is 12.9. The molecule has 4 aliphatic heterocycles. The first-order chi connectivity index (χ1) is 35.6. The number of carbonyl (C=O) groups excluding carboxylic acids is 6. The van der Waals surface area contributed by atoms with E-state index in [0.717, 1.165) is 50.7 Å². The molecule has 6 fully saturated rings. The van der Waals surface area contributed by atoms with Gasteiger partial charge in [-0.2, -0.15) is 0 Å². The van der Waals surface area contributed by atoms with Gasteiger partial charge < -0.3 is 59.3 Å². The predicted molar refractivity (Wildman–Crippen MR) is 258 cm³/mol. The van der Waals surface area contributed by atoms with Crippen molar-refractivity contribution in [3.63, 3.8) is 0 Å². The smallest absolute Gasteiger partial charge is 0.404 e. The Balaban J connectivity index is 0.000000221. The number of rotatable bonds is 14. The maximum Gasteiger partial charge on any atom is 0.573 e. The molecule has 8 rings (SSSR count). The van der Waals surface area contributed by atoms with Gasteiger partial charge in [0, 0.05) is 65.4 Å². The Morgan fingerprint density at radius 1 is 0.592 bits per heavy atom. The minimum Gasteiger partial charge on any atom is -0.404 e. The third-order valence-corrected chi connectivity index (χ3v) is 16.0. The molecule has 26 heteroatoms. The molecule has 2 saturated carbocycles. The number of alkyl halides is 6. The van der Waals surface area contributed by atoms with Crippen LogP contribution in [0.2, 0.25) is 10.0 Å². The van der Waals surface area contributed by atoms with E-state index in [-0.39, 0.29) is 123 Å². The molecule has 2 aliphatic carbocycles. The summed E-state index contributed by atoms with van der Waals surface area (Å²) in [5.41, 5.74) is 0.653. The fraction of sp³-hybridized carbons (Fsp3) is 0.640. The van der Waals surface area contributed by atoms with Crippen LogP contribution in [0.4, 0.5) is 26.3 Å². The Hall–Kier alpha value is -5.14. The highest BCUT2D eigenvalue weighted by Gasteiger charge is 2.53. The van der Waals surface area contributed by atoms with E-state index in [1.165, 1.54) is 43.9 Å². The Bertz CT molecular complexity index is 2330. The molecule has 4 saturated heterocycles. The number of β-amino-alcohol motifs (C(OH)–C–C–N with tert-alkyl or cyclic N) is 4. The van der Waals surface area contributed by atoms with Crippen LogP contribution in [0.5, 0.6) is 11.5 Å². The number of benzene rings is 2. The highest BCUT2D eigenvalue weighted by Crippen LogP contribution is 2.54. The van der Waals surface area contributed by atoms with Crippen molar-refractivity contribution in [3.8, 4) is 11.5 Å². The van der Waals surface area contributed by atoms with Gasteiger partial charge in [0.05, 0.1) is 60.1 Å². The van der Waals surface area contributed by atoms with Crippen molar-refractivity contribution in [2.75, 3.05) is 65.4 Å². The molecule has 0 bridgehead atoms. The first-order valence-corrected chi connectivity index (χ1v) is 25.8. The normalized spacial score (nSPS) is 24.0. The number of hydrogen-bond donors (Lipinski definition) is 4. The van der Waals surface area contributed by atoms with Gasteiger partial charge in [0.25, 0.3) is 0 Å². The highest BCUT2D eigenvalue weighted by atomic mass is 35.5. The summed E-state index contributed by atoms with van der Waals surface area (Å²) in [5, 5.41) is 41.0. The molecule has 0 unspecified atom stereocenters. The summed E-state index contributed by atoms with van der Waals surface area (Å²) in [5.74, 6) is -3.27. The van der Waals surface area contributed by atoms with Crippen LogP contribution >= 0.6 is 23.2 Å². The third-order valence-electron chi connectivity index (χ3n) is 15.4. The van der Waals surface area contributed by atoms with Gasteiger partial charge in [0.2, 0.25) is 35.4 Å². The quantitative estimate of drug-likeness (QED) is 0.198. The molecule has 6 amide bonds. The lowest BCUT2D eigenvalue weighted by Gasteiger charge is -2.40. The molecule has 4 N–H and O–H groups in total. The summed E-state index contributed by atoms with van der Waals surface area (Å²) < 4.78 is 82.2. The lowest BCUT2D eigenvalue weighted by molar-refractivity contribution is -0.275. The van der Waals surface area contributed by atoms with E-state index in [1.807, 2.05) is 0 Å². The minimum atomic E-state index is -4.90. The SMILES string of the molecule is C[C@H]1C(=O)N(C[C@@H](O)CC(=O)N2CCC3(CC3)[C@H](O)C2)CCN1C(=O)Cc1ccc(OC(F)(F)F)c(Cl)c1.C[C@H]1C(=O)N(C[C@H](O)CC(=O)N2CCC3(CC3)[C@H](O)C2)CCN1C(=O)Cc1ccc(OC(F)(F)F)c(Cl)c1. The van der Waals surface area contributed by atoms with Gasteiger partial charge in [-0.3, -0.25) is 28.8 Å². The fourth-order valence-corrected chi connectivity index (χ4v) is 10.9. The molecule has 6 aliphatic rings. The molecule has 76 heavy (non-hydrogen) atoms. The second-order valence-electron chi connectivity index (χ2n) is 20.7. The number of likely N-dealkylation sites (tertiary alicyclic amines) is 2. The Morgan fingerprint density at radius 3 is 1.25 bits per heavy atom. The van der Waals surface area contributed by atoms with E-state index >= 15 is 0 Å². The number of carbonyl (C=O) groups is 6. The largest absolute Gasteiger partial charge is 0.573 e. The van der Waals surface area contributed by atoms with Gasteiger partial charge in [0.1, 0.15) is 23.6 Å². The van der Waals surface area contributed by atoms with Crippen LogP contribution in [-0.4, -0.2) is 200 Å². The van der Waals surface area contributed by atoms with E-state index in [2.05, 4.69) is 9.47 Å². The number of aliphatic hydroxyl groups excluding tert-OH is 4. The number of ether oxygens (including phenoxy) is 2. The average Bonchev–Trinajstić information content (AvgIpc) is 4.29. The molecule has 4 heterocycles. The Labute approximate surface area is 444 Å². The lowest BCUT2D eigenvalue weighted by atomic mass is 9.90. The standard InChI is InChI=1S/2C25H31ClF3N3O6/c2*1-15-23(37)31(13-17(33)12-21(35)30-7-6-24(4-5-24)20(34)14-30)8-9-32(15)22(36)11-16-2-3-19(18(26)10-16)38-25(27,28)29/h2*2-3,10,15,17,20,33-34H,4-9,11-14H2,1H3/t15-,17+,20+;15-,17-,20+/m00/s1. The van der Waals surface area contributed by atoms with Gasteiger partial charge in [-0.15, -0.1) is 26.3 Å². The lowest BCUT2D eigenvalue weighted by Crippen LogP contribution is -2.59. The number of halogens is 8. The van der Waals surface area contributed by atoms with Crippen molar-refractivity contribution in [1.29, 1.82) is 0 Å². The average molecular weight is 1120 g/mol. The molecular formula is C50H62Cl2F6N6O12. The summed E-state index contributed by atoms with van der Waals surface area (Å²) >= 11 is 11.7. The van der Waals surface area contributed by atoms with E-state index in [1.54, 1.807) is 23.6 Å². The molecule has 6 atom stereocenters. The van der Waals surface area contributed by atoms with Gasteiger partial charge in [-0.05, 0) is 98.6 Å². The molecule has 2 spiro atoms.